The van der Waals surface area contributed by atoms with E-state index in [1.807, 2.05) is 13.8 Å². The lowest BCUT2D eigenvalue weighted by atomic mass is 10.0. The minimum absolute atomic E-state index is 0.0370. The van der Waals surface area contributed by atoms with Crippen molar-refractivity contribution in [1.82, 2.24) is 4.90 Å². The zero-order chi connectivity index (χ0) is 14.7. The average Bonchev–Trinajstić information content (AvgIpc) is 2.86. The number of nitrogens with zero attached hydrogens (tertiary/aromatic N) is 2. The van der Waals surface area contributed by atoms with Gasteiger partial charge in [-0.2, -0.15) is 0 Å². The van der Waals surface area contributed by atoms with Crippen molar-refractivity contribution >= 4 is 11.6 Å². The Morgan fingerprint density at radius 3 is 2.95 bits per heavy atom. The van der Waals surface area contributed by atoms with E-state index in [2.05, 4.69) is 5.16 Å². The Balaban J connectivity index is 1.93. The van der Waals surface area contributed by atoms with Crippen LogP contribution in [0, 0.1) is 11.7 Å². The van der Waals surface area contributed by atoms with Crippen LogP contribution in [0.25, 0.3) is 0 Å². The molecule has 20 heavy (non-hydrogen) atoms. The Hall–Kier alpha value is -1.91. The van der Waals surface area contributed by atoms with Crippen molar-refractivity contribution in [3.05, 3.63) is 35.6 Å². The van der Waals surface area contributed by atoms with E-state index in [0.717, 1.165) is 11.3 Å². The van der Waals surface area contributed by atoms with Crippen LogP contribution in [0.5, 0.6) is 0 Å². The number of hydrogen-bond donors (Lipinski definition) is 0. The van der Waals surface area contributed by atoms with Crippen molar-refractivity contribution in [3.8, 4) is 0 Å². The largest absolute Gasteiger partial charge is 0.390 e. The predicted octanol–water partition coefficient (Wildman–Crippen LogP) is 2.43. The molecule has 1 aromatic carbocycles. The summed E-state index contributed by atoms with van der Waals surface area (Å²) in [4.78, 5) is 18.8. The summed E-state index contributed by atoms with van der Waals surface area (Å²) in [6.07, 6.45) is 0.417. The highest BCUT2D eigenvalue weighted by molar-refractivity contribution is 6.01. The number of amides is 1. The Kier molecular flexibility index (Phi) is 4.37. The van der Waals surface area contributed by atoms with Crippen LogP contribution < -0.4 is 0 Å². The van der Waals surface area contributed by atoms with Crippen LogP contribution >= 0.6 is 0 Å². The second-order valence-electron chi connectivity index (χ2n) is 5.35. The Labute approximate surface area is 118 Å². The van der Waals surface area contributed by atoms with Crippen LogP contribution in [0.3, 0.4) is 0 Å². The van der Waals surface area contributed by atoms with Crippen LogP contribution in [0.4, 0.5) is 4.39 Å². The summed E-state index contributed by atoms with van der Waals surface area (Å²) in [5, 5.41) is 4.00. The highest BCUT2D eigenvalue weighted by Gasteiger charge is 2.25. The third-order valence-electron chi connectivity index (χ3n) is 3.24. The van der Waals surface area contributed by atoms with Gasteiger partial charge in [0.05, 0.1) is 12.3 Å². The summed E-state index contributed by atoms with van der Waals surface area (Å²) in [5.74, 6) is -0.251. The van der Waals surface area contributed by atoms with Crippen LogP contribution in [-0.4, -0.2) is 36.2 Å². The molecule has 0 bridgehead atoms. The van der Waals surface area contributed by atoms with Crippen LogP contribution in [0.15, 0.2) is 29.4 Å². The first-order valence-electron chi connectivity index (χ1n) is 6.71. The molecule has 1 aliphatic rings. The summed E-state index contributed by atoms with van der Waals surface area (Å²) >= 11 is 0. The van der Waals surface area contributed by atoms with E-state index >= 15 is 0 Å². The van der Waals surface area contributed by atoms with Crippen molar-refractivity contribution in [3.63, 3.8) is 0 Å². The molecule has 2 rings (SSSR count). The molecule has 0 aromatic heterocycles. The predicted molar refractivity (Wildman–Crippen MR) is 74.9 cm³/mol. The molecule has 0 radical (unpaired) electrons. The first-order chi connectivity index (χ1) is 9.47. The second kappa shape index (κ2) is 6.03. The monoisotopic (exact) mass is 278 g/mol. The van der Waals surface area contributed by atoms with Crippen molar-refractivity contribution < 1.29 is 14.0 Å². The average molecular weight is 278 g/mol. The number of hydrogen-bond acceptors (Lipinski definition) is 3. The molecular weight excluding hydrogens is 259 g/mol. The molecule has 0 aliphatic carbocycles. The van der Waals surface area contributed by atoms with Gasteiger partial charge in [0.15, 0.2) is 6.10 Å². The van der Waals surface area contributed by atoms with E-state index in [4.69, 9.17) is 4.84 Å². The normalized spacial score (nSPS) is 17.9. The summed E-state index contributed by atoms with van der Waals surface area (Å²) in [6, 6.07) is 6.28. The molecule has 1 atom stereocenters. The fourth-order valence-electron chi connectivity index (χ4n) is 2.20. The van der Waals surface area contributed by atoms with Crippen LogP contribution in [0.2, 0.25) is 0 Å². The lowest BCUT2D eigenvalue weighted by molar-refractivity contribution is -0.134. The van der Waals surface area contributed by atoms with E-state index in [1.54, 1.807) is 24.1 Å². The number of benzene rings is 1. The lowest BCUT2D eigenvalue weighted by Gasteiger charge is -2.21. The van der Waals surface area contributed by atoms with Gasteiger partial charge in [-0.15, -0.1) is 0 Å². The van der Waals surface area contributed by atoms with Gasteiger partial charge in [0.25, 0.3) is 0 Å². The Morgan fingerprint density at radius 1 is 1.55 bits per heavy atom. The molecular formula is C15H19FN2O2. The van der Waals surface area contributed by atoms with Gasteiger partial charge in [0, 0.05) is 24.9 Å². The fourth-order valence-corrected chi connectivity index (χ4v) is 2.20. The van der Waals surface area contributed by atoms with Gasteiger partial charge < -0.3 is 9.74 Å². The highest BCUT2D eigenvalue weighted by Crippen LogP contribution is 2.18. The molecule has 1 heterocycles. The topological polar surface area (TPSA) is 41.9 Å². The summed E-state index contributed by atoms with van der Waals surface area (Å²) in [6.45, 7) is 4.21. The Bertz CT molecular complexity index is 528. The number of carbonyl (C=O) groups excluding carboxylic acids is 1. The maximum Gasteiger partial charge on any atom is 0.224 e. The SMILES string of the molecule is CC(C)C(=O)N(C)CC1CC(c2cccc(F)c2)=NO1. The molecule has 4 nitrogen and oxygen atoms in total. The zero-order valence-electron chi connectivity index (χ0n) is 12.0. The van der Waals surface area contributed by atoms with E-state index < -0.39 is 0 Å². The highest BCUT2D eigenvalue weighted by atomic mass is 19.1. The molecule has 0 saturated heterocycles. The maximum atomic E-state index is 13.2. The zero-order valence-corrected chi connectivity index (χ0v) is 12.0. The number of oxime groups is 1. The second-order valence-corrected chi connectivity index (χ2v) is 5.35. The summed E-state index contributed by atoms with van der Waals surface area (Å²) in [5.41, 5.74) is 1.45. The van der Waals surface area contributed by atoms with Gasteiger partial charge in [0.1, 0.15) is 5.82 Å². The molecule has 1 aromatic rings. The van der Waals surface area contributed by atoms with E-state index in [0.29, 0.717) is 13.0 Å². The summed E-state index contributed by atoms with van der Waals surface area (Å²) < 4.78 is 13.2. The molecule has 0 spiro atoms. The number of carbonyl (C=O) groups is 1. The van der Waals surface area contributed by atoms with Crippen molar-refractivity contribution in [2.45, 2.75) is 26.4 Å². The minimum atomic E-state index is -0.291. The van der Waals surface area contributed by atoms with E-state index in [-0.39, 0.29) is 23.7 Å². The fraction of sp³-hybridized carbons (Fsp3) is 0.467. The van der Waals surface area contributed by atoms with Crippen molar-refractivity contribution in [1.29, 1.82) is 0 Å². The number of halogens is 1. The first kappa shape index (κ1) is 14.5. The van der Waals surface area contributed by atoms with E-state index in [1.165, 1.54) is 12.1 Å². The molecule has 0 N–H and O–H groups in total. The number of rotatable bonds is 4. The molecule has 0 fully saturated rings. The third kappa shape index (κ3) is 3.35. The standard InChI is InChI=1S/C15H19FN2O2/c1-10(2)15(19)18(3)9-13-8-14(17-20-13)11-5-4-6-12(16)7-11/h4-7,10,13H,8-9H2,1-3H3. The molecule has 5 heteroatoms. The van der Waals surface area contributed by atoms with Gasteiger partial charge in [-0.25, -0.2) is 4.39 Å². The summed E-state index contributed by atoms with van der Waals surface area (Å²) in [7, 11) is 1.76. The van der Waals surface area contributed by atoms with Gasteiger partial charge in [-0.1, -0.05) is 31.1 Å². The molecule has 108 valence electrons. The van der Waals surface area contributed by atoms with Crippen LogP contribution in [0.1, 0.15) is 25.8 Å². The molecule has 1 unspecified atom stereocenters. The van der Waals surface area contributed by atoms with Gasteiger partial charge >= 0.3 is 0 Å². The first-order valence-corrected chi connectivity index (χ1v) is 6.71. The molecule has 1 aliphatic heterocycles. The quantitative estimate of drug-likeness (QED) is 0.849. The number of likely N-dealkylation sites (N-methyl/N-ethyl adjacent to an activating group) is 1. The van der Waals surface area contributed by atoms with Crippen molar-refractivity contribution in [2.75, 3.05) is 13.6 Å². The smallest absolute Gasteiger partial charge is 0.224 e. The van der Waals surface area contributed by atoms with Crippen LogP contribution in [-0.2, 0) is 9.63 Å². The third-order valence-corrected chi connectivity index (χ3v) is 3.24. The van der Waals surface area contributed by atoms with Gasteiger partial charge in [-0.05, 0) is 12.1 Å². The van der Waals surface area contributed by atoms with Gasteiger partial charge in [-0.3, -0.25) is 4.79 Å². The molecule has 1 amide bonds. The van der Waals surface area contributed by atoms with Crippen molar-refractivity contribution in [2.24, 2.45) is 11.1 Å². The van der Waals surface area contributed by atoms with Gasteiger partial charge in [0.2, 0.25) is 5.91 Å². The molecule has 0 saturated carbocycles. The lowest BCUT2D eigenvalue weighted by Crippen LogP contribution is -2.36. The van der Waals surface area contributed by atoms with E-state index in [9.17, 15) is 9.18 Å². The minimum Gasteiger partial charge on any atom is -0.390 e. The maximum absolute atomic E-state index is 13.2. The Morgan fingerprint density at radius 2 is 2.30 bits per heavy atom.